The van der Waals surface area contributed by atoms with E-state index in [2.05, 4.69) is 55.1 Å². The third-order valence-electron chi connectivity index (χ3n) is 8.97. The highest BCUT2D eigenvalue weighted by Gasteiger charge is 2.41. The summed E-state index contributed by atoms with van der Waals surface area (Å²) >= 11 is 0. The fourth-order valence-electron chi connectivity index (χ4n) is 6.88. The number of ether oxygens (including phenoxy) is 1. The molecule has 238 valence electrons. The molecule has 2 unspecified atom stereocenters. The molecule has 42 heavy (non-hydrogen) atoms. The van der Waals surface area contributed by atoms with Crippen LogP contribution in [-0.4, -0.2) is 90.1 Å². The second-order valence-electron chi connectivity index (χ2n) is 13.9. The van der Waals surface area contributed by atoms with Gasteiger partial charge >= 0.3 is 0 Å². The minimum Gasteiger partial charge on any atom is -0.385 e. The summed E-state index contributed by atoms with van der Waals surface area (Å²) in [4.78, 5) is 41.9. The van der Waals surface area contributed by atoms with Crippen molar-refractivity contribution in [2.75, 3.05) is 51.8 Å². The van der Waals surface area contributed by atoms with E-state index in [1.165, 1.54) is 25.7 Å². The normalized spacial score (nSPS) is 24.5. The molecule has 2 saturated heterocycles. The van der Waals surface area contributed by atoms with Crippen molar-refractivity contribution in [2.45, 2.75) is 111 Å². The summed E-state index contributed by atoms with van der Waals surface area (Å²) in [6, 6.07) is 0.340. The van der Waals surface area contributed by atoms with Gasteiger partial charge in [0.15, 0.2) is 0 Å². The SMILES string of the molecule is C.COCCCNc1nc(C(C)(C)C)ncc1C(=O)N(CC(C)C)[C@@H]1CNC[C@H](C(=O)N2CCCC3CCCCC32)C1. The monoisotopic (exact) mass is 586 g/mol. The molecular weight excluding hydrogens is 528 g/mol. The highest BCUT2D eigenvalue weighted by Crippen LogP contribution is 2.36. The van der Waals surface area contributed by atoms with Gasteiger partial charge in [0.1, 0.15) is 17.2 Å². The van der Waals surface area contributed by atoms with Crippen molar-refractivity contribution in [2.24, 2.45) is 17.8 Å². The summed E-state index contributed by atoms with van der Waals surface area (Å²) in [6.45, 7) is 14.7. The number of nitrogens with one attached hydrogen (secondary N) is 2. The summed E-state index contributed by atoms with van der Waals surface area (Å²) in [6.07, 6.45) is 10.5. The third-order valence-corrected chi connectivity index (χ3v) is 8.97. The maximum Gasteiger partial charge on any atom is 0.259 e. The van der Waals surface area contributed by atoms with Crippen molar-refractivity contribution in [1.29, 1.82) is 0 Å². The van der Waals surface area contributed by atoms with Crippen LogP contribution in [0.25, 0.3) is 0 Å². The van der Waals surface area contributed by atoms with Crippen molar-refractivity contribution < 1.29 is 14.3 Å². The van der Waals surface area contributed by atoms with Crippen LogP contribution in [0, 0.1) is 17.8 Å². The molecule has 2 amide bonds. The Morgan fingerprint density at radius 2 is 1.90 bits per heavy atom. The molecule has 0 spiro atoms. The predicted octanol–water partition coefficient (Wildman–Crippen LogP) is 5.12. The number of rotatable bonds is 10. The molecule has 2 aliphatic heterocycles. The number of aromatic nitrogens is 2. The maximum atomic E-state index is 14.3. The number of fused-ring (bicyclic) bond motifs is 1. The number of likely N-dealkylation sites (tertiary alicyclic amines) is 1. The molecule has 1 aliphatic carbocycles. The highest BCUT2D eigenvalue weighted by molar-refractivity contribution is 5.98. The fraction of sp³-hybridized carbons (Fsp3) is 0.818. The van der Waals surface area contributed by atoms with Gasteiger partial charge in [-0.15, -0.1) is 0 Å². The van der Waals surface area contributed by atoms with E-state index >= 15 is 0 Å². The smallest absolute Gasteiger partial charge is 0.259 e. The number of methoxy groups -OCH3 is 1. The van der Waals surface area contributed by atoms with E-state index < -0.39 is 0 Å². The first-order chi connectivity index (χ1) is 19.6. The Bertz CT molecular complexity index is 1020. The van der Waals surface area contributed by atoms with Gasteiger partial charge in [0.25, 0.3) is 5.91 Å². The number of nitrogens with zero attached hydrogens (tertiary/aromatic N) is 4. The van der Waals surface area contributed by atoms with Crippen molar-refractivity contribution in [3.05, 3.63) is 17.6 Å². The van der Waals surface area contributed by atoms with Crippen molar-refractivity contribution in [1.82, 2.24) is 25.1 Å². The zero-order valence-electron chi connectivity index (χ0n) is 26.4. The largest absolute Gasteiger partial charge is 0.385 e. The number of carbonyl (C=O) groups excluding carboxylic acids is 2. The Labute approximate surface area is 254 Å². The summed E-state index contributed by atoms with van der Waals surface area (Å²) in [7, 11) is 1.69. The zero-order chi connectivity index (χ0) is 29.6. The number of amides is 2. The van der Waals surface area contributed by atoms with Crippen LogP contribution in [0.4, 0.5) is 5.82 Å². The van der Waals surface area contributed by atoms with E-state index in [-0.39, 0.29) is 42.5 Å². The van der Waals surface area contributed by atoms with Gasteiger partial charge in [-0.05, 0) is 50.4 Å². The Hall–Kier alpha value is -2.26. The van der Waals surface area contributed by atoms with Gasteiger partial charge in [0, 0.05) is 70.1 Å². The lowest BCUT2D eigenvalue weighted by molar-refractivity contribution is -0.143. The van der Waals surface area contributed by atoms with Crippen LogP contribution >= 0.6 is 0 Å². The summed E-state index contributed by atoms with van der Waals surface area (Å²) in [5.74, 6) is 2.33. The van der Waals surface area contributed by atoms with E-state index in [0.717, 1.165) is 25.8 Å². The van der Waals surface area contributed by atoms with E-state index in [0.29, 0.717) is 68.4 Å². The second-order valence-corrected chi connectivity index (χ2v) is 13.9. The molecule has 3 aliphatic rings. The molecular formula is C33H58N6O3. The van der Waals surface area contributed by atoms with Crippen molar-refractivity contribution >= 4 is 17.6 Å². The maximum absolute atomic E-state index is 14.3. The van der Waals surface area contributed by atoms with E-state index in [4.69, 9.17) is 9.72 Å². The number of anilines is 1. The van der Waals surface area contributed by atoms with Crippen LogP contribution in [0.1, 0.15) is 110 Å². The van der Waals surface area contributed by atoms with E-state index in [9.17, 15) is 9.59 Å². The first kappa shape index (κ1) is 34.2. The lowest BCUT2D eigenvalue weighted by atomic mass is 9.77. The molecule has 3 fully saturated rings. The molecule has 1 aromatic heterocycles. The van der Waals surface area contributed by atoms with Crippen LogP contribution in [0.3, 0.4) is 0 Å². The fourth-order valence-corrected chi connectivity index (χ4v) is 6.88. The minimum atomic E-state index is -0.241. The van der Waals surface area contributed by atoms with Gasteiger partial charge in [-0.25, -0.2) is 9.97 Å². The molecule has 9 nitrogen and oxygen atoms in total. The average Bonchev–Trinajstić information content (AvgIpc) is 2.96. The summed E-state index contributed by atoms with van der Waals surface area (Å²) in [5, 5.41) is 6.92. The van der Waals surface area contributed by atoms with Gasteiger partial charge in [-0.1, -0.05) is 54.9 Å². The third kappa shape index (κ3) is 8.43. The molecule has 4 rings (SSSR count). The molecule has 0 radical (unpaired) electrons. The predicted molar refractivity (Wildman–Crippen MR) is 170 cm³/mol. The Kier molecular flexibility index (Phi) is 12.6. The quantitative estimate of drug-likeness (QED) is 0.367. The van der Waals surface area contributed by atoms with Crippen LogP contribution in [0.2, 0.25) is 0 Å². The molecule has 0 aromatic carbocycles. The van der Waals surface area contributed by atoms with E-state index in [1.54, 1.807) is 13.3 Å². The second kappa shape index (κ2) is 15.5. The molecule has 4 atom stereocenters. The lowest BCUT2D eigenvalue weighted by Crippen LogP contribution is -2.57. The van der Waals surface area contributed by atoms with Crippen LogP contribution in [0.15, 0.2) is 6.20 Å². The average molecular weight is 587 g/mol. The summed E-state index contributed by atoms with van der Waals surface area (Å²) in [5.41, 5.74) is 0.250. The minimum absolute atomic E-state index is 0. The molecule has 1 aromatic rings. The van der Waals surface area contributed by atoms with Gasteiger partial charge in [0.2, 0.25) is 5.91 Å². The molecule has 3 heterocycles. The van der Waals surface area contributed by atoms with Gasteiger partial charge in [0.05, 0.1) is 5.92 Å². The Morgan fingerprint density at radius 3 is 2.62 bits per heavy atom. The number of carbonyl (C=O) groups is 2. The van der Waals surface area contributed by atoms with Crippen molar-refractivity contribution in [3.8, 4) is 0 Å². The van der Waals surface area contributed by atoms with Gasteiger partial charge in [-0.3, -0.25) is 9.59 Å². The van der Waals surface area contributed by atoms with Gasteiger partial charge < -0.3 is 25.2 Å². The number of piperidine rings is 2. The zero-order valence-corrected chi connectivity index (χ0v) is 26.4. The van der Waals surface area contributed by atoms with Crippen LogP contribution in [-0.2, 0) is 14.9 Å². The molecule has 2 N–H and O–H groups in total. The van der Waals surface area contributed by atoms with Crippen molar-refractivity contribution in [3.63, 3.8) is 0 Å². The molecule has 0 bridgehead atoms. The number of hydrogen-bond acceptors (Lipinski definition) is 7. The topological polar surface area (TPSA) is 99.7 Å². The van der Waals surface area contributed by atoms with E-state index in [1.807, 2.05) is 4.90 Å². The molecule has 1 saturated carbocycles. The van der Waals surface area contributed by atoms with Gasteiger partial charge in [-0.2, -0.15) is 0 Å². The molecule has 9 heteroatoms. The summed E-state index contributed by atoms with van der Waals surface area (Å²) < 4.78 is 5.21. The highest BCUT2D eigenvalue weighted by atomic mass is 16.5. The first-order valence-corrected chi connectivity index (χ1v) is 16.0. The standard InChI is InChI=1S/C32H54N6O3.CH4/c1-22(2)21-38(30(40)26-20-35-31(32(3,4)5)36-28(26)34-14-10-16-41-6)25-17-24(18-33-19-25)29(39)37-15-9-12-23-11-7-8-13-27(23)37;/h20,22-25,27,33H,7-19,21H2,1-6H3,(H,34,35,36);1H4/t23?,24-,25+,27?;/m1./s1. The lowest BCUT2D eigenvalue weighted by Gasteiger charge is -2.46. The Balaban J connectivity index is 0.00000484. The van der Waals surface area contributed by atoms with Crippen LogP contribution < -0.4 is 10.6 Å². The van der Waals surface area contributed by atoms with Crippen LogP contribution in [0.5, 0.6) is 0 Å². The number of hydrogen-bond donors (Lipinski definition) is 2. The Morgan fingerprint density at radius 1 is 1.17 bits per heavy atom. The first-order valence-electron chi connectivity index (χ1n) is 16.0.